The second-order valence-electron chi connectivity index (χ2n) is 4.16. The third-order valence-electron chi connectivity index (χ3n) is 3.00. The molecule has 19 heavy (non-hydrogen) atoms. The van der Waals surface area contributed by atoms with Crippen LogP contribution < -0.4 is 15.2 Å². The molecule has 2 N–H and O–H groups in total. The number of hydrogen-bond donors (Lipinski definition) is 1. The van der Waals surface area contributed by atoms with Crippen molar-refractivity contribution < 1.29 is 9.47 Å². The molecule has 0 aromatic heterocycles. The average Bonchev–Trinajstić information content (AvgIpc) is 2.86. The molecule has 0 saturated heterocycles. The van der Waals surface area contributed by atoms with Crippen molar-refractivity contribution in [1.82, 2.24) is 4.90 Å². The molecule has 0 bridgehead atoms. The van der Waals surface area contributed by atoms with Gasteiger partial charge in [-0.2, -0.15) is 0 Å². The Labute approximate surface area is 121 Å². The van der Waals surface area contributed by atoms with Crippen LogP contribution in [-0.4, -0.2) is 30.7 Å². The van der Waals surface area contributed by atoms with Gasteiger partial charge >= 0.3 is 0 Å². The molecular weight excluding hydrogens is 310 g/mol. The van der Waals surface area contributed by atoms with Gasteiger partial charge < -0.3 is 20.1 Å². The van der Waals surface area contributed by atoms with Crippen molar-refractivity contribution in [1.29, 1.82) is 0 Å². The predicted octanol–water partition coefficient (Wildman–Crippen LogP) is 2.33. The Morgan fingerprint density at radius 3 is 2.79 bits per heavy atom. The molecule has 1 aromatic carbocycles. The van der Waals surface area contributed by atoms with Crippen molar-refractivity contribution in [3.8, 4) is 11.5 Å². The third kappa shape index (κ3) is 3.12. The Morgan fingerprint density at radius 2 is 2.11 bits per heavy atom. The molecule has 0 unspecified atom stereocenters. The summed E-state index contributed by atoms with van der Waals surface area (Å²) in [5.74, 6) is 2.07. The minimum absolute atomic E-state index is 0.266. The second kappa shape index (κ2) is 6.14. The van der Waals surface area contributed by atoms with Crippen LogP contribution in [-0.2, 0) is 6.54 Å². The lowest BCUT2D eigenvalue weighted by Gasteiger charge is -2.19. The molecule has 5 nitrogen and oxygen atoms in total. The maximum atomic E-state index is 5.95. The van der Waals surface area contributed by atoms with E-state index < -0.39 is 0 Å². The van der Waals surface area contributed by atoms with Gasteiger partial charge in [-0.25, -0.2) is 4.99 Å². The molecule has 1 aliphatic rings. The zero-order valence-electron chi connectivity index (χ0n) is 11.1. The van der Waals surface area contributed by atoms with Crippen LogP contribution in [0.5, 0.6) is 11.5 Å². The van der Waals surface area contributed by atoms with E-state index in [1.165, 1.54) is 0 Å². The molecule has 0 atom stereocenters. The molecule has 104 valence electrons. The van der Waals surface area contributed by atoms with Crippen molar-refractivity contribution in [3.63, 3.8) is 0 Å². The highest BCUT2D eigenvalue weighted by Gasteiger charge is 2.17. The monoisotopic (exact) mass is 327 g/mol. The Balaban J connectivity index is 2.12. The van der Waals surface area contributed by atoms with Gasteiger partial charge in [0.25, 0.3) is 0 Å². The predicted molar refractivity (Wildman–Crippen MR) is 78.5 cm³/mol. The molecule has 1 heterocycles. The molecule has 0 radical (unpaired) electrons. The van der Waals surface area contributed by atoms with Crippen LogP contribution in [0.2, 0.25) is 0 Å². The molecule has 0 fully saturated rings. The van der Waals surface area contributed by atoms with Crippen molar-refractivity contribution in [3.05, 3.63) is 22.2 Å². The molecule has 1 aromatic rings. The van der Waals surface area contributed by atoms with Crippen LogP contribution in [0.15, 0.2) is 21.6 Å². The highest BCUT2D eigenvalue weighted by atomic mass is 79.9. The van der Waals surface area contributed by atoms with E-state index in [0.29, 0.717) is 12.5 Å². The topological polar surface area (TPSA) is 60.1 Å². The highest BCUT2D eigenvalue weighted by Crippen LogP contribution is 2.40. The first-order chi connectivity index (χ1) is 9.15. The van der Waals surface area contributed by atoms with E-state index in [4.69, 9.17) is 15.2 Å². The quantitative estimate of drug-likeness (QED) is 0.681. The molecule has 0 saturated carbocycles. The van der Waals surface area contributed by atoms with Gasteiger partial charge in [-0.1, -0.05) is 0 Å². The number of halogens is 1. The molecule has 1 aliphatic heterocycles. The maximum Gasteiger partial charge on any atom is 0.231 e. The first-order valence-corrected chi connectivity index (χ1v) is 7.07. The normalized spacial score (nSPS) is 13.7. The summed E-state index contributed by atoms with van der Waals surface area (Å²) in [7, 11) is 0. The number of nitrogens with zero attached hydrogens (tertiary/aromatic N) is 2. The van der Waals surface area contributed by atoms with Gasteiger partial charge in [0.2, 0.25) is 6.79 Å². The van der Waals surface area contributed by atoms with Crippen molar-refractivity contribution in [2.24, 2.45) is 10.7 Å². The molecule has 2 rings (SSSR count). The third-order valence-corrected chi connectivity index (χ3v) is 3.59. The van der Waals surface area contributed by atoms with Crippen molar-refractivity contribution >= 4 is 21.9 Å². The molecule has 0 spiro atoms. The minimum Gasteiger partial charge on any atom is -0.454 e. The summed E-state index contributed by atoms with van der Waals surface area (Å²) in [6.07, 6.45) is 0. The summed E-state index contributed by atoms with van der Waals surface area (Å²) in [6.45, 7) is 6.62. The zero-order valence-corrected chi connectivity index (χ0v) is 12.7. The van der Waals surface area contributed by atoms with Gasteiger partial charge in [0.05, 0.1) is 11.0 Å². The number of nitrogens with two attached hydrogens (primary N) is 1. The summed E-state index contributed by atoms with van der Waals surface area (Å²) in [5.41, 5.74) is 6.98. The Hall–Kier alpha value is -1.43. The zero-order chi connectivity index (χ0) is 13.8. The van der Waals surface area contributed by atoms with E-state index in [1.54, 1.807) is 0 Å². The summed E-state index contributed by atoms with van der Waals surface area (Å²) in [4.78, 5) is 6.42. The van der Waals surface area contributed by atoms with E-state index in [1.807, 2.05) is 17.0 Å². The van der Waals surface area contributed by atoms with Crippen LogP contribution in [0.3, 0.4) is 0 Å². The van der Waals surface area contributed by atoms with Gasteiger partial charge in [-0.3, -0.25) is 0 Å². The van der Waals surface area contributed by atoms with E-state index in [-0.39, 0.29) is 6.79 Å². The lowest BCUT2D eigenvalue weighted by molar-refractivity contribution is 0.173. The molecule has 0 amide bonds. The lowest BCUT2D eigenvalue weighted by atomic mass is 10.2. The Morgan fingerprint density at radius 1 is 1.37 bits per heavy atom. The first kappa shape index (κ1) is 14.0. The van der Waals surface area contributed by atoms with Crippen LogP contribution in [0, 0.1) is 0 Å². The number of benzene rings is 1. The highest BCUT2D eigenvalue weighted by molar-refractivity contribution is 9.10. The number of ether oxygens (including phenoxy) is 2. The number of aliphatic imine (C=N–C) groups is 1. The summed E-state index contributed by atoms with van der Waals surface area (Å²) in [6, 6.07) is 3.92. The SMILES string of the molecule is CCN(CC)C(N)=NCc1cc(Br)c2c(c1)OCO2. The minimum atomic E-state index is 0.266. The first-order valence-electron chi connectivity index (χ1n) is 6.28. The fourth-order valence-electron chi connectivity index (χ4n) is 1.93. The van der Waals surface area contributed by atoms with Gasteiger partial charge in [0.1, 0.15) is 0 Å². The summed E-state index contributed by atoms with van der Waals surface area (Å²) in [5, 5.41) is 0. The fourth-order valence-corrected chi connectivity index (χ4v) is 2.54. The number of guanidine groups is 1. The smallest absolute Gasteiger partial charge is 0.231 e. The average molecular weight is 328 g/mol. The molecule has 0 aliphatic carbocycles. The van der Waals surface area contributed by atoms with Crippen LogP contribution in [0.1, 0.15) is 19.4 Å². The van der Waals surface area contributed by atoms with Gasteiger partial charge in [0.15, 0.2) is 17.5 Å². The van der Waals surface area contributed by atoms with Crippen molar-refractivity contribution in [2.45, 2.75) is 20.4 Å². The number of hydrogen-bond acceptors (Lipinski definition) is 3. The van der Waals surface area contributed by atoms with Crippen LogP contribution >= 0.6 is 15.9 Å². The second-order valence-corrected chi connectivity index (χ2v) is 5.01. The Kier molecular flexibility index (Phi) is 4.52. The number of fused-ring (bicyclic) bond motifs is 1. The van der Waals surface area contributed by atoms with Crippen molar-refractivity contribution in [2.75, 3.05) is 19.9 Å². The van der Waals surface area contributed by atoms with Crippen LogP contribution in [0.4, 0.5) is 0 Å². The largest absolute Gasteiger partial charge is 0.454 e. The van der Waals surface area contributed by atoms with E-state index in [0.717, 1.165) is 34.6 Å². The number of rotatable bonds is 4. The standard InChI is InChI=1S/C13H18BrN3O2/c1-3-17(4-2)13(15)16-7-9-5-10(14)12-11(6-9)18-8-19-12/h5-6H,3-4,7-8H2,1-2H3,(H2,15,16). The summed E-state index contributed by atoms with van der Waals surface area (Å²) < 4.78 is 11.6. The van der Waals surface area contributed by atoms with Crippen LogP contribution in [0.25, 0.3) is 0 Å². The summed E-state index contributed by atoms with van der Waals surface area (Å²) >= 11 is 3.47. The van der Waals surface area contributed by atoms with E-state index >= 15 is 0 Å². The van der Waals surface area contributed by atoms with Gasteiger partial charge in [-0.05, 0) is 47.5 Å². The van der Waals surface area contributed by atoms with E-state index in [2.05, 4.69) is 34.8 Å². The molecule has 6 heteroatoms. The molecular formula is C13H18BrN3O2. The van der Waals surface area contributed by atoms with Gasteiger partial charge in [0, 0.05) is 13.1 Å². The maximum absolute atomic E-state index is 5.95. The fraction of sp³-hybridized carbons (Fsp3) is 0.462. The van der Waals surface area contributed by atoms with Gasteiger partial charge in [-0.15, -0.1) is 0 Å². The lowest BCUT2D eigenvalue weighted by Crippen LogP contribution is -2.37. The Bertz CT molecular complexity index is 487. The van der Waals surface area contributed by atoms with E-state index in [9.17, 15) is 0 Å².